The summed E-state index contributed by atoms with van der Waals surface area (Å²) in [5, 5.41) is 10.6. The van der Waals surface area contributed by atoms with Crippen molar-refractivity contribution < 1.29 is 80.2 Å². The van der Waals surface area contributed by atoms with Crippen LogP contribution in [0.1, 0.15) is 396 Å². The first-order valence-electron chi connectivity index (χ1n) is 40.2. The van der Waals surface area contributed by atoms with Gasteiger partial charge in [0.25, 0.3) is 0 Å². The van der Waals surface area contributed by atoms with Crippen LogP contribution in [0.15, 0.2) is 0 Å². The lowest BCUT2D eigenvalue weighted by atomic mass is 9.99. The van der Waals surface area contributed by atoms with E-state index in [0.29, 0.717) is 31.6 Å². The molecule has 0 aromatic carbocycles. The molecule has 19 heteroatoms. The highest BCUT2D eigenvalue weighted by Gasteiger charge is 2.30. The number of aliphatic hydroxyl groups excluding tert-OH is 1. The highest BCUT2D eigenvalue weighted by atomic mass is 31.2. The number of hydrogen-bond donors (Lipinski definition) is 3. The first-order chi connectivity index (χ1) is 46.6. The van der Waals surface area contributed by atoms with Crippen LogP contribution in [0.25, 0.3) is 0 Å². The van der Waals surface area contributed by atoms with Crippen LogP contribution in [0, 0.1) is 23.7 Å². The first kappa shape index (κ1) is 95.1. The number of unbranched alkanes of at least 4 members (excludes halogenated alkanes) is 40. The summed E-state index contributed by atoms with van der Waals surface area (Å²) in [5.41, 5.74) is 0. The molecule has 0 amide bonds. The van der Waals surface area contributed by atoms with E-state index in [2.05, 4.69) is 55.4 Å². The zero-order chi connectivity index (χ0) is 71.7. The molecule has 0 saturated carbocycles. The number of hydrogen-bond acceptors (Lipinski definition) is 15. The molecule has 0 heterocycles. The van der Waals surface area contributed by atoms with Crippen LogP contribution in [-0.2, 0) is 65.4 Å². The Hall–Kier alpha value is -1.94. The second-order valence-electron chi connectivity index (χ2n) is 29.8. The van der Waals surface area contributed by atoms with Gasteiger partial charge in [-0.05, 0) is 49.4 Å². The minimum absolute atomic E-state index is 0.105. The van der Waals surface area contributed by atoms with Crippen LogP contribution in [0.4, 0.5) is 0 Å². The Balaban J connectivity index is 5.21. The Morgan fingerprint density at radius 3 is 0.732 bits per heavy atom. The van der Waals surface area contributed by atoms with Gasteiger partial charge in [0.15, 0.2) is 12.2 Å². The minimum atomic E-state index is -4.96. The lowest BCUT2D eigenvalue weighted by Crippen LogP contribution is -2.30. The van der Waals surface area contributed by atoms with Gasteiger partial charge in [0, 0.05) is 25.7 Å². The van der Waals surface area contributed by atoms with Crippen molar-refractivity contribution in [2.75, 3.05) is 39.6 Å². The molecule has 17 nitrogen and oxygen atoms in total. The Bertz CT molecular complexity index is 1900. The summed E-state index contributed by atoms with van der Waals surface area (Å²) >= 11 is 0. The topological polar surface area (TPSA) is 237 Å². The van der Waals surface area contributed by atoms with Gasteiger partial charge in [-0.25, -0.2) is 9.13 Å². The summed E-state index contributed by atoms with van der Waals surface area (Å²) in [7, 11) is -9.92. The van der Waals surface area contributed by atoms with E-state index >= 15 is 0 Å². The van der Waals surface area contributed by atoms with Crippen LogP contribution < -0.4 is 0 Å². The van der Waals surface area contributed by atoms with Crippen LogP contribution in [0.5, 0.6) is 0 Å². The summed E-state index contributed by atoms with van der Waals surface area (Å²) in [4.78, 5) is 72.9. The first-order valence-corrected chi connectivity index (χ1v) is 43.2. The number of rotatable bonds is 75. The van der Waals surface area contributed by atoms with Gasteiger partial charge in [-0.3, -0.25) is 37.3 Å². The third-order valence-electron chi connectivity index (χ3n) is 18.4. The molecule has 3 N–H and O–H groups in total. The maximum atomic E-state index is 13.1. The molecule has 0 spiro atoms. The molecule has 0 rings (SSSR count). The highest BCUT2D eigenvalue weighted by molar-refractivity contribution is 7.47. The minimum Gasteiger partial charge on any atom is -0.462 e. The van der Waals surface area contributed by atoms with E-state index in [-0.39, 0.29) is 25.7 Å². The van der Waals surface area contributed by atoms with Crippen molar-refractivity contribution in [2.24, 2.45) is 23.7 Å². The molecular weight excluding hydrogens is 1270 g/mol. The van der Waals surface area contributed by atoms with Crippen LogP contribution in [-0.4, -0.2) is 96.7 Å². The largest absolute Gasteiger partial charge is 0.472 e. The number of carbonyl (C=O) groups excluding carboxylic acids is 4. The van der Waals surface area contributed by atoms with Crippen molar-refractivity contribution in [3.8, 4) is 0 Å². The van der Waals surface area contributed by atoms with Crippen LogP contribution in [0.2, 0.25) is 0 Å². The number of ether oxygens (including phenoxy) is 4. The van der Waals surface area contributed by atoms with Gasteiger partial charge in [-0.1, -0.05) is 344 Å². The molecule has 6 atom stereocenters. The molecular formula is C78H152O17P2. The molecule has 4 unspecified atom stereocenters. The Kier molecular flexibility index (Phi) is 65.9. The van der Waals surface area contributed by atoms with E-state index < -0.39 is 97.5 Å². The van der Waals surface area contributed by atoms with Crippen molar-refractivity contribution in [3.05, 3.63) is 0 Å². The molecule has 0 aliphatic heterocycles. The molecule has 0 aliphatic rings. The van der Waals surface area contributed by atoms with E-state index in [1.807, 2.05) is 0 Å². The van der Waals surface area contributed by atoms with E-state index in [1.165, 1.54) is 193 Å². The molecule has 0 fully saturated rings. The number of carbonyl (C=O) groups is 4. The maximum absolute atomic E-state index is 13.1. The smallest absolute Gasteiger partial charge is 0.462 e. The summed E-state index contributed by atoms with van der Waals surface area (Å²) in [6.45, 7) is 14.2. The van der Waals surface area contributed by atoms with Crippen LogP contribution in [0.3, 0.4) is 0 Å². The maximum Gasteiger partial charge on any atom is 0.472 e. The van der Waals surface area contributed by atoms with Crippen LogP contribution >= 0.6 is 15.6 Å². The summed E-state index contributed by atoms with van der Waals surface area (Å²) < 4.78 is 68.6. The van der Waals surface area contributed by atoms with Crippen molar-refractivity contribution in [1.82, 2.24) is 0 Å². The number of phosphoric ester groups is 2. The standard InChI is InChI=1S/C78H152O17P2/c1-9-71(8)57-49-41-33-25-20-21-27-36-45-53-61-78(83)95-74(65-89-76(81)59-51-43-37-29-32-40-48-56-70(6)7)67-93-97(86,87)91-63-72(79)62-90-96(84,85)92-66-73(64-88-75(80)58-50-42-34-28-22-24-31-39-47-55-69(4)5)94-77(82)60-52-44-35-26-19-17-15-13-11-10-12-14-16-18-23-30-38-46-54-68(2)3/h68-74,79H,9-67H2,1-8H3,(H,84,85)(H,86,87)/t71?,72?,73-,74-/m1/s1. The van der Waals surface area contributed by atoms with Gasteiger partial charge in [-0.15, -0.1) is 0 Å². The normalized spacial score (nSPS) is 14.4. The second-order valence-corrected chi connectivity index (χ2v) is 32.7. The molecule has 0 radical (unpaired) electrons. The molecule has 0 aliphatic carbocycles. The van der Waals surface area contributed by atoms with Crippen molar-refractivity contribution in [1.29, 1.82) is 0 Å². The zero-order valence-electron chi connectivity index (χ0n) is 63.7. The van der Waals surface area contributed by atoms with E-state index in [1.54, 1.807) is 0 Å². The van der Waals surface area contributed by atoms with Crippen molar-refractivity contribution in [3.63, 3.8) is 0 Å². The number of aliphatic hydroxyl groups is 1. The average Bonchev–Trinajstić information content (AvgIpc) is 3.71. The molecule has 0 aromatic rings. The summed E-state index contributed by atoms with van der Waals surface area (Å²) in [6.07, 6.45) is 52.8. The van der Waals surface area contributed by atoms with E-state index in [0.717, 1.165) is 114 Å². The predicted molar refractivity (Wildman–Crippen MR) is 395 cm³/mol. The SMILES string of the molecule is CCC(C)CCCCCCCCCCCCC(=O)O[C@H](COC(=O)CCCCCCCCCC(C)C)COP(=O)(O)OCC(O)COP(=O)(O)OC[C@@H](COC(=O)CCCCCCCCCCCC(C)C)OC(=O)CCCCCCCCCCCCCCCCCCCCC(C)C. The van der Waals surface area contributed by atoms with Gasteiger partial charge in [0.05, 0.1) is 26.4 Å². The quantitative estimate of drug-likeness (QED) is 0.0222. The molecule has 576 valence electrons. The average molecular weight is 1420 g/mol. The summed E-state index contributed by atoms with van der Waals surface area (Å²) in [6, 6.07) is 0. The molecule has 97 heavy (non-hydrogen) atoms. The fourth-order valence-corrected chi connectivity index (χ4v) is 13.5. The fraction of sp³-hybridized carbons (Fsp3) is 0.949. The lowest BCUT2D eigenvalue weighted by molar-refractivity contribution is -0.161. The van der Waals surface area contributed by atoms with Gasteiger partial charge in [0.1, 0.15) is 19.3 Å². The number of esters is 4. The highest BCUT2D eigenvalue weighted by Crippen LogP contribution is 2.45. The molecule has 0 bridgehead atoms. The van der Waals surface area contributed by atoms with Gasteiger partial charge >= 0.3 is 39.5 Å². The van der Waals surface area contributed by atoms with Crippen molar-refractivity contribution >= 4 is 39.5 Å². The Labute approximate surface area is 594 Å². The molecule has 0 aromatic heterocycles. The fourth-order valence-electron chi connectivity index (χ4n) is 11.9. The predicted octanol–water partition coefficient (Wildman–Crippen LogP) is 22.8. The third kappa shape index (κ3) is 70.9. The summed E-state index contributed by atoms with van der Waals surface area (Å²) in [5.74, 6) is 0.952. The van der Waals surface area contributed by atoms with Gasteiger partial charge in [0.2, 0.25) is 0 Å². The Morgan fingerprint density at radius 1 is 0.289 bits per heavy atom. The van der Waals surface area contributed by atoms with Gasteiger partial charge in [-0.2, -0.15) is 0 Å². The monoisotopic (exact) mass is 1420 g/mol. The lowest BCUT2D eigenvalue weighted by Gasteiger charge is -2.21. The Morgan fingerprint density at radius 2 is 0.495 bits per heavy atom. The number of phosphoric acid groups is 2. The van der Waals surface area contributed by atoms with Gasteiger partial charge < -0.3 is 33.8 Å². The molecule has 0 saturated heterocycles. The third-order valence-corrected chi connectivity index (χ3v) is 20.3. The van der Waals surface area contributed by atoms with E-state index in [9.17, 15) is 43.2 Å². The second kappa shape index (κ2) is 67.2. The van der Waals surface area contributed by atoms with Crippen molar-refractivity contribution in [2.45, 2.75) is 414 Å². The zero-order valence-corrected chi connectivity index (χ0v) is 65.5. The van der Waals surface area contributed by atoms with E-state index in [4.69, 9.17) is 37.0 Å².